The van der Waals surface area contributed by atoms with Crippen molar-refractivity contribution in [2.24, 2.45) is 7.05 Å². The molecule has 6 nitrogen and oxygen atoms in total. The van der Waals surface area contributed by atoms with Crippen LogP contribution in [0, 0.1) is 0 Å². The molecule has 0 spiro atoms. The van der Waals surface area contributed by atoms with E-state index in [1.165, 1.54) is 11.1 Å². The van der Waals surface area contributed by atoms with Crippen LogP contribution in [0.5, 0.6) is 0 Å². The summed E-state index contributed by atoms with van der Waals surface area (Å²) >= 11 is 0. The Balaban J connectivity index is 1.42. The molecule has 0 radical (unpaired) electrons. The molecule has 3 heterocycles. The molecule has 0 unspecified atom stereocenters. The van der Waals surface area contributed by atoms with Crippen molar-refractivity contribution in [1.82, 2.24) is 25.3 Å². The molecule has 144 valence electrons. The van der Waals surface area contributed by atoms with Crippen molar-refractivity contribution in [3.05, 3.63) is 77.2 Å². The molecule has 6 heteroatoms. The summed E-state index contributed by atoms with van der Waals surface area (Å²) in [6, 6.07) is 14.0. The van der Waals surface area contributed by atoms with Gasteiger partial charge in [-0.3, -0.25) is 9.48 Å². The molecule has 29 heavy (non-hydrogen) atoms. The van der Waals surface area contributed by atoms with Gasteiger partial charge in [-0.05, 0) is 53.9 Å². The van der Waals surface area contributed by atoms with Crippen molar-refractivity contribution in [1.29, 1.82) is 0 Å². The topological polar surface area (TPSA) is 72.7 Å². The molecule has 0 saturated carbocycles. The summed E-state index contributed by atoms with van der Waals surface area (Å²) in [5.41, 5.74) is 6.89. The van der Waals surface area contributed by atoms with E-state index in [4.69, 9.17) is 0 Å². The Labute approximate surface area is 168 Å². The number of benzene rings is 2. The van der Waals surface area contributed by atoms with Gasteiger partial charge in [-0.15, -0.1) is 0 Å². The highest BCUT2D eigenvalue weighted by atomic mass is 16.1. The minimum Gasteiger partial charge on any atom is -0.312 e. The molecule has 1 aliphatic rings. The molecule has 5 rings (SSSR count). The minimum atomic E-state index is 0.0652. The quantitative estimate of drug-likeness (QED) is 0.548. The molecule has 0 fully saturated rings. The van der Waals surface area contributed by atoms with Gasteiger partial charge >= 0.3 is 0 Å². The van der Waals surface area contributed by atoms with E-state index in [-0.39, 0.29) is 12.2 Å². The monoisotopic (exact) mass is 383 g/mol. The van der Waals surface area contributed by atoms with Gasteiger partial charge < -0.3 is 5.32 Å². The van der Waals surface area contributed by atoms with Crippen LogP contribution in [-0.4, -0.2) is 32.3 Å². The van der Waals surface area contributed by atoms with Gasteiger partial charge in [0.15, 0.2) is 5.78 Å². The normalized spacial score (nSPS) is 13.4. The standard InChI is InChI=1S/C23H21N5O/c1-28-14-20(13-25-28)16-4-5-22-18(8-16)10-21(26-27-22)11-23(29)17-3-2-15-6-7-24-12-19(15)9-17/h2-5,8-10,13-14,24H,6-7,11-12H2,1H3. The fraction of sp³-hybridized carbons (Fsp3) is 0.217. The van der Waals surface area contributed by atoms with Gasteiger partial charge in [0.2, 0.25) is 0 Å². The molecule has 2 aromatic heterocycles. The highest BCUT2D eigenvalue weighted by Crippen LogP contribution is 2.24. The fourth-order valence-corrected chi connectivity index (χ4v) is 3.84. The molecule has 1 aliphatic heterocycles. The minimum absolute atomic E-state index is 0.0652. The number of aromatic nitrogens is 4. The van der Waals surface area contributed by atoms with Gasteiger partial charge in [0.25, 0.3) is 0 Å². The molecule has 0 aliphatic carbocycles. The van der Waals surface area contributed by atoms with Crippen LogP contribution >= 0.6 is 0 Å². The second-order valence-electron chi connectivity index (χ2n) is 7.52. The maximum atomic E-state index is 12.8. The Hall–Kier alpha value is -3.38. The van der Waals surface area contributed by atoms with Crippen molar-refractivity contribution in [2.75, 3.05) is 6.54 Å². The second kappa shape index (κ2) is 7.22. The Bertz CT molecular complexity index is 1230. The summed E-state index contributed by atoms with van der Waals surface area (Å²) in [4.78, 5) is 12.8. The van der Waals surface area contributed by atoms with E-state index >= 15 is 0 Å². The molecular formula is C23H21N5O. The van der Waals surface area contributed by atoms with Crippen LogP contribution in [0.15, 0.2) is 54.9 Å². The summed E-state index contributed by atoms with van der Waals surface area (Å²) in [6.45, 7) is 1.82. The predicted molar refractivity (Wildman–Crippen MR) is 112 cm³/mol. The van der Waals surface area contributed by atoms with Gasteiger partial charge in [0, 0.05) is 36.3 Å². The average Bonchev–Trinajstić information content (AvgIpc) is 3.19. The maximum Gasteiger partial charge on any atom is 0.168 e. The van der Waals surface area contributed by atoms with Gasteiger partial charge in [0.05, 0.1) is 23.8 Å². The first-order chi connectivity index (χ1) is 14.2. The first kappa shape index (κ1) is 17.7. The SMILES string of the molecule is Cn1cc(-c2ccc3nnc(CC(=O)c4ccc5c(c4)CNCC5)cc3c2)cn1. The number of hydrogen-bond donors (Lipinski definition) is 1. The Morgan fingerprint density at radius 3 is 2.86 bits per heavy atom. The third kappa shape index (κ3) is 3.54. The van der Waals surface area contributed by atoms with E-state index < -0.39 is 0 Å². The summed E-state index contributed by atoms with van der Waals surface area (Å²) in [6.07, 6.45) is 5.07. The number of ketones is 1. The van der Waals surface area contributed by atoms with Crippen LogP contribution < -0.4 is 5.32 Å². The van der Waals surface area contributed by atoms with Gasteiger partial charge in [-0.2, -0.15) is 15.3 Å². The van der Waals surface area contributed by atoms with Crippen LogP contribution in [0.4, 0.5) is 0 Å². The number of hydrogen-bond acceptors (Lipinski definition) is 5. The number of fused-ring (bicyclic) bond motifs is 2. The Morgan fingerprint density at radius 1 is 1.07 bits per heavy atom. The van der Waals surface area contributed by atoms with Crippen molar-refractivity contribution in [3.63, 3.8) is 0 Å². The van der Waals surface area contributed by atoms with Crippen LogP contribution in [0.1, 0.15) is 27.2 Å². The summed E-state index contributed by atoms with van der Waals surface area (Å²) in [5.74, 6) is 0.0652. The number of carbonyl (C=O) groups excluding carboxylic acids is 1. The smallest absolute Gasteiger partial charge is 0.168 e. The number of nitrogens with one attached hydrogen (secondary N) is 1. The maximum absolute atomic E-state index is 12.8. The predicted octanol–water partition coefficient (Wildman–Crippen LogP) is 3.10. The fourth-order valence-electron chi connectivity index (χ4n) is 3.84. The molecule has 0 atom stereocenters. The average molecular weight is 383 g/mol. The van der Waals surface area contributed by atoms with Gasteiger partial charge in [-0.1, -0.05) is 18.2 Å². The van der Waals surface area contributed by atoms with Crippen LogP contribution in [0.3, 0.4) is 0 Å². The van der Waals surface area contributed by atoms with Gasteiger partial charge in [0.1, 0.15) is 0 Å². The number of carbonyl (C=O) groups is 1. The van der Waals surface area contributed by atoms with Gasteiger partial charge in [-0.25, -0.2) is 0 Å². The molecule has 4 aromatic rings. The van der Waals surface area contributed by atoms with Crippen molar-refractivity contribution >= 4 is 16.7 Å². The van der Waals surface area contributed by atoms with E-state index in [2.05, 4.69) is 32.7 Å². The lowest BCUT2D eigenvalue weighted by atomic mass is 9.96. The van der Waals surface area contributed by atoms with Crippen LogP contribution in [-0.2, 0) is 26.4 Å². The van der Waals surface area contributed by atoms with E-state index in [1.807, 2.05) is 49.8 Å². The van der Waals surface area contributed by atoms with E-state index in [0.29, 0.717) is 5.69 Å². The first-order valence-corrected chi connectivity index (χ1v) is 9.77. The van der Waals surface area contributed by atoms with E-state index in [9.17, 15) is 4.79 Å². The Kier molecular flexibility index (Phi) is 4.41. The lowest BCUT2D eigenvalue weighted by Gasteiger charge is -2.17. The van der Waals surface area contributed by atoms with Crippen molar-refractivity contribution in [3.8, 4) is 11.1 Å². The zero-order valence-electron chi connectivity index (χ0n) is 16.2. The molecule has 0 amide bonds. The van der Waals surface area contributed by atoms with E-state index in [0.717, 1.165) is 47.1 Å². The van der Waals surface area contributed by atoms with Crippen molar-refractivity contribution < 1.29 is 4.79 Å². The highest BCUT2D eigenvalue weighted by Gasteiger charge is 2.14. The lowest BCUT2D eigenvalue weighted by molar-refractivity contribution is 0.0991. The molecule has 2 aromatic carbocycles. The zero-order chi connectivity index (χ0) is 19.8. The summed E-state index contributed by atoms with van der Waals surface area (Å²) in [5, 5.41) is 17.1. The number of rotatable bonds is 4. The summed E-state index contributed by atoms with van der Waals surface area (Å²) in [7, 11) is 1.90. The second-order valence-corrected chi connectivity index (χ2v) is 7.52. The lowest BCUT2D eigenvalue weighted by Crippen LogP contribution is -2.24. The third-order valence-corrected chi connectivity index (χ3v) is 5.43. The molecular weight excluding hydrogens is 362 g/mol. The molecule has 0 saturated heterocycles. The molecule has 0 bridgehead atoms. The van der Waals surface area contributed by atoms with Crippen molar-refractivity contribution in [2.45, 2.75) is 19.4 Å². The summed E-state index contributed by atoms with van der Waals surface area (Å²) < 4.78 is 1.78. The third-order valence-electron chi connectivity index (χ3n) is 5.43. The van der Waals surface area contributed by atoms with Crippen LogP contribution in [0.25, 0.3) is 22.0 Å². The highest BCUT2D eigenvalue weighted by molar-refractivity contribution is 5.98. The largest absolute Gasteiger partial charge is 0.312 e. The number of nitrogens with zero attached hydrogens (tertiary/aromatic N) is 4. The Morgan fingerprint density at radius 2 is 2.00 bits per heavy atom. The molecule has 1 N–H and O–H groups in total. The zero-order valence-corrected chi connectivity index (χ0v) is 16.2. The van der Waals surface area contributed by atoms with Crippen LogP contribution in [0.2, 0.25) is 0 Å². The number of aryl methyl sites for hydroxylation is 1. The number of Topliss-reactive ketones (excluding diaryl/α,β-unsaturated/α-hetero) is 1. The van der Waals surface area contributed by atoms with E-state index in [1.54, 1.807) is 4.68 Å². The first-order valence-electron chi connectivity index (χ1n) is 9.77.